The second-order valence-corrected chi connectivity index (χ2v) is 11.1. The number of hydrogen-bond acceptors (Lipinski definition) is 14. The van der Waals surface area contributed by atoms with Gasteiger partial charge in [-0.05, 0) is 61.2 Å². The van der Waals surface area contributed by atoms with Crippen LogP contribution in [0.3, 0.4) is 0 Å². The van der Waals surface area contributed by atoms with Crippen molar-refractivity contribution in [2.24, 2.45) is 0 Å². The van der Waals surface area contributed by atoms with Crippen molar-refractivity contribution in [3.63, 3.8) is 0 Å². The number of aliphatic hydroxyl groups is 2. The van der Waals surface area contributed by atoms with Crippen molar-refractivity contribution in [1.82, 2.24) is 25.1 Å². The van der Waals surface area contributed by atoms with Crippen molar-refractivity contribution >= 4 is 46.7 Å². The van der Waals surface area contributed by atoms with Crippen LogP contribution in [0, 0.1) is 13.8 Å². The van der Waals surface area contributed by atoms with Crippen molar-refractivity contribution in [2.45, 2.75) is 39.9 Å². The lowest BCUT2D eigenvalue weighted by molar-refractivity contribution is -0.150. The zero-order valence-corrected chi connectivity index (χ0v) is 27.9. The van der Waals surface area contributed by atoms with Crippen LogP contribution in [0.25, 0.3) is 5.52 Å². The van der Waals surface area contributed by atoms with Crippen LogP contribution < -0.4 is 20.3 Å². The molecule has 3 amide bonds. The Kier molecular flexibility index (Phi) is 11.6. The van der Waals surface area contributed by atoms with E-state index < -0.39 is 37.7 Å². The lowest BCUT2D eigenvalue weighted by Gasteiger charge is -2.18. The predicted molar refractivity (Wildman–Crippen MR) is 179 cm³/mol. The fraction of sp³-hybridized carbons (Fsp3) is 0.265. The number of benzene rings is 2. The summed E-state index contributed by atoms with van der Waals surface area (Å²) in [4.78, 5) is 57.1. The summed E-state index contributed by atoms with van der Waals surface area (Å²) in [7, 11) is 0. The first kappa shape index (κ1) is 36.0. The van der Waals surface area contributed by atoms with Crippen LogP contribution in [0.1, 0.15) is 50.8 Å². The quantitative estimate of drug-likeness (QED) is 0.0963. The minimum absolute atomic E-state index is 0.0655. The van der Waals surface area contributed by atoms with E-state index in [1.807, 2.05) is 13.8 Å². The second-order valence-electron chi connectivity index (χ2n) is 11.1. The molecular weight excluding hydrogens is 666 g/mol. The van der Waals surface area contributed by atoms with Crippen LogP contribution in [-0.2, 0) is 20.7 Å². The number of anilines is 3. The van der Waals surface area contributed by atoms with Gasteiger partial charge < -0.3 is 39.6 Å². The zero-order chi connectivity index (χ0) is 36.5. The third-order valence-electron chi connectivity index (χ3n) is 7.49. The minimum Gasteiger partial charge on any atom is -0.463 e. The van der Waals surface area contributed by atoms with Gasteiger partial charge in [0.05, 0.1) is 12.0 Å². The molecule has 0 bridgehead atoms. The number of carbonyl (C=O) groups excluding carboxylic acids is 4. The number of amides is 3. The maximum Gasteiger partial charge on any atom is 0.425 e. The molecule has 2 aromatic carbocycles. The molecule has 0 fully saturated rings. The van der Waals surface area contributed by atoms with Crippen molar-refractivity contribution in [3.8, 4) is 5.75 Å². The monoisotopic (exact) mass is 701 g/mol. The van der Waals surface area contributed by atoms with E-state index in [4.69, 9.17) is 23.8 Å². The average molecular weight is 702 g/mol. The number of imide groups is 1. The number of esters is 1. The molecule has 0 saturated carbocycles. The lowest BCUT2D eigenvalue weighted by Crippen LogP contribution is -2.38. The van der Waals surface area contributed by atoms with Crippen molar-refractivity contribution in [1.29, 1.82) is 0 Å². The summed E-state index contributed by atoms with van der Waals surface area (Å²) in [6.07, 6.45) is 2.16. The molecule has 0 aliphatic rings. The standard InChI is InChI=1S/C34H35N7O10/c1-4-12-35-32(45)25-16-40-30(21(25)3)31(36-18-37-40)38-26-15-23(8-5-20(26)2)33(46)41(27-11-13-50-39-27)34(47)49-19-48-28(43)14-22-6-9-24(10-7-22)51-29(44)17-42/h5-11,13,15-16,18,29,42,44H,4,12,14,17,19H2,1-3H3,(H,35,45)(H,36,37,38). The number of nitrogens with zero attached hydrogens (tertiary/aromatic N) is 5. The largest absolute Gasteiger partial charge is 0.463 e. The highest BCUT2D eigenvalue weighted by molar-refractivity contribution is 6.19. The van der Waals surface area contributed by atoms with Crippen LogP contribution in [0.2, 0.25) is 0 Å². The summed E-state index contributed by atoms with van der Waals surface area (Å²) in [6, 6.07) is 12.1. The first-order valence-corrected chi connectivity index (χ1v) is 15.7. The number of fused-ring (bicyclic) bond motifs is 1. The molecule has 1 unspecified atom stereocenters. The van der Waals surface area contributed by atoms with Gasteiger partial charge in [0.25, 0.3) is 11.8 Å². The molecule has 5 aromatic rings. The van der Waals surface area contributed by atoms with Crippen LogP contribution in [0.15, 0.2) is 71.8 Å². The van der Waals surface area contributed by atoms with E-state index in [0.717, 1.165) is 12.0 Å². The molecule has 0 aliphatic heterocycles. The minimum atomic E-state index is -1.38. The van der Waals surface area contributed by atoms with E-state index in [9.17, 15) is 24.3 Å². The number of aliphatic hydroxyl groups excluding tert-OH is 2. The van der Waals surface area contributed by atoms with Crippen LogP contribution in [-0.4, -0.2) is 80.1 Å². The molecule has 0 saturated heterocycles. The molecule has 17 heteroatoms. The van der Waals surface area contributed by atoms with Gasteiger partial charge in [0.2, 0.25) is 13.1 Å². The highest BCUT2D eigenvalue weighted by atomic mass is 16.7. The normalized spacial score (nSPS) is 11.5. The van der Waals surface area contributed by atoms with Gasteiger partial charge in [0.15, 0.2) is 11.6 Å². The Hall–Kier alpha value is -6.33. The Morgan fingerprint density at radius 3 is 2.55 bits per heavy atom. The summed E-state index contributed by atoms with van der Waals surface area (Å²) < 4.78 is 21.6. The van der Waals surface area contributed by atoms with Crippen LogP contribution in [0.5, 0.6) is 5.75 Å². The van der Waals surface area contributed by atoms with Gasteiger partial charge in [0.1, 0.15) is 30.5 Å². The number of nitrogens with one attached hydrogen (secondary N) is 2. The molecule has 3 heterocycles. The Morgan fingerprint density at radius 1 is 1.06 bits per heavy atom. The number of hydrogen-bond donors (Lipinski definition) is 4. The molecule has 17 nitrogen and oxygen atoms in total. The fourth-order valence-electron chi connectivity index (χ4n) is 4.87. The van der Waals surface area contributed by atoms with Crippen LogP contribution >= 0.6 is 0 Å². The van der Waals surface area contributed by atoms with Gasteiger partial charge in [-0.2, -0.15) is 10.00 Å². The molecule has 5 rings (SSSR count). The number of rotatable bonds is 14. The summed E-state index contributed by atoms with van der Waals surface area (Å²) in [5, 5.41) is 32.3. The zero-order valence-electron chi connectivity index (χ0n) is 27.9. The summed E-state index contributed by atoms with van der Waals surface area (Å²) in [5.74, 6) is -1.30. The van der Waals surface area contributed by atoms with Crippen molar-refractivity contribution in [2.75, 3.05) is 30.2 Å². The molecule has 0 radical (unpaired) electrons. The SMILES string of the molecule is CCCNC(=O)c1cn2ncnc(Nc3cc(C(=O)N(C(=O)OCOC(=O)Cc4ccc(OC(O)CO)cc4)c4ccon4)ccc3C)c2c1C. The average Bonchev–Trinajstić information content (AvgIpc) is 3.77. The topological polar surface area (TPSA) is 220 Å². The van der Waals surface area contributed by atoms with E-state index in [0.29, 0.717) is 45.2 Å². The third kappa shape index (κ3) is 8.64. The highest BCUT2D eigenvalue weighted by Crippen LogP contribution is 2.28. The van der Waals surface area contributed by atoms with Gasteiger partial charge in [-0.1, -0.05) is 30.3 Å². The third-order valence-corrected chi connectivity index (χ3v) is 7.49. The van der Waals surface area contributed by atoms with Crippen molar-refractivity contribution < 1.29 is 48.1 Å². The van der Waals surface area contributed by atoms with E-state index >= 15 is 0 Å². The van der Waals surface area contributed by atoms with Gasteiger partial charge in [-0.15, -0.1) is 0 Å². The number of aromatic nitrogens is 4. The fourth-order valence-corrected chi connectivity index (χ4v) is 4.87. The second kappa shape index (κ2) is 16.4. The highest BCUT2D eigenvalue weighted by Gasteiger charge is 2.29. The van der Waals surface area contributed by atoms with Gasteiger partial charge >= 0.3 is 12.1 Å². The summed E-state index contributed by atoms with van der Waals surface area (Å²) in [6.45, 7) is 4.70. The summed E-state index contributed by atoms with van der Waals surface area (Å²) >= 11 is 0. The van der Waals surface area contributed by atoms with Gasteiger partial charge in [-0.25, -0.2) is 14.3 Å². The molecule has 51 heavy (non-hydrogen) atoms. The van der Waals surface area contributed by atoms with Gasteiger partial charge in [0, 0.05) is 30.1 Å². The molecule has 4 N–H and O–H groups in total. The van der Waals surface area contributed by atoms with E-state index in [1.165, 1.54) is 42.9 Å². The first-order valence-electron chi connectivity index (χ1n) is 15.7. The number of carbonyl (C=O) groups is 4. The molecule has 1 atom stereocenters. The number of ether oxygens (including phenoxy) is 3. The van der Waals surface area contributed by atoms with E-state index in [-0.39, 0.29) is 29.5 Å². The van der Waals surface area contributed by atoms with Crippen molar-refractivity contribution in [3.05, 3.63) is 95.1 Å². The maximum absolute atomic E-state index is 13.8. The first-order chi connectivity index (χ1) is 24.6. The molecule has 0 spiro atoms. The Balaban J connectivity index is 1.28. The van der Waals surface area contributed by atoms with E-state index in [2.05, 4.69) is 25.9 Å². The van der Waals surface area contributed by atoms with Gasteiger partial charge in [-0.3, -0.25) is 14.4 Å². The maximum atomic E-state index is 13.8. The lowest BCUT2D eigenvalue weighted by atomic mass is 10.1. The Bertz CT molecular complexity index is 2010. The van der Waals surface area contributed by atoms with E-state index in [1.54, 1.807) is 35.8 Å². The molecule has 3 aromatic heterocycles. The molecular formula is C34H35N7O10. The smallest absolute Gasteiger partial charge is 0.425 e. The predicted octanol–water partition coefficient (Wildman–Crippen LogP) is 3.43. The summed E-state index contributed by atoms with van der Waals surface area (Å²) in [5.41, 5.74) is 3.47. The molecule has 0 aliphatic carbocycles. The number of aryl methyl sites for hydroxylation is 2. The Morgan fingerprint density at radius 2 is 1.84 bits per heavy atom. The Labute approximate surface area is 290 Å². The molecule has 266 valence electrons. The van der Waals surface area contributed by atoms with Crippen LogP contribution in [0.4, 0.5) is 22.1 Å².